The van der Waals surface area contributed by atoms with Crippen molar-refractivity contribution in [2.75, 3.05) is 18.4 Å². The van der Waals surface area contributed by atoms with Gasteiger partial charge in [-0.15, -0.1) is 0 Å². The van der Waals surface area contributed by atoms with Crippen molar-refractivity contribution in [3.05, 3.63) is 30.5 Å². The molecule has 0 aliphatic carbocycles. The van der Waals surface area contributed by atoms with E-state index in [0.29, 0.717) is 17.4 Å². The zero-order chi connectivity index (χ0) is 14.2. The molecule has 8 nitrogen and oxygen atoms in total. The van der Waals surface area contributed by atoms with E-state index < -0.39 is 0 Å². The Labute approximate surface area is 121 Å². The Morgan fingerprint density at radius 3 is 3.14 bits per heavy atom. The molecule has 4 rings (SSSR count). The fraction of sp³-hybridized carbons (Fsp3) is 0.385. The van der Waals surface area contributed by atoms with Gasteiger partial charge in [-0.1, -0.05) is 0 Å². The highest BCUT2D eigenvalue weighted by Gasteiger charge is 2.20. The maximum atomic E-state index is 4.74. The Morgan fingerprint density at radius 1 is 1.43 bits per heavy atom. The summed E-state index contributed by atoms with van der Waals surface area (Å²) in [6, 6.07) is 1.90. The summed E-state index contributed by atoms with van der Waals surface area (Å²) in [6.07, 6.45) is 6.48. The average molecular weight is 284 g/mol. The van der Waals surface area contributed by atoms with Gasteiger partial charge < -0.3 is 10.6 Å². The van der Waals surface area contributed by atoms with E-state index in [0.717, 1.165) is 31.0 Å². The molecule has 0 saturated carbocycles. The lowest BCUT2D eigenvalue weighted by molar-refractivity contribution is 0.721. The predicted molar refractivity (Wildman–Crippen MR) is 77.5 cm³/mol. The Balaban J connectivity index is 1.76. The van der Waals surface area contributed by atoms with Crippen LogP contribution in [0.2, 0.25) is 0 Å². The predicted octanol–water partition coefficient (Wildman–Crippen LogP) is 0.678. The van der Waals surface area contributed by atoms with Gasteiger partial charge in [0, 0.05) is 31.8 Å². The smallest absolute Gasteiger partial charge is 0.198 e. The molecule has 0 bridgehead atoms. The van der Waals surface area contributed by atoms with Gasteiger partial charge >= 0.3 is 0 Å². The van der Waals surface area contributed by atoms with E-state index in [-0.39, 0.29) is 0 Å². The Bertz CT molecular complexity index is 767. The minimum Gasteiger partial charge on any atom is -0.320 e. The summed E-state index contributed by atoms with van der Waals surface area (Å²) in [4.78, 5) is 9.00. The van der Waals surface area contributed by atoms with Gasteiger partial charge in [0.2, 0.25) is 0 Å². The Hall–Kier alpha value is -2.48. The number of nitrogens with zero attached hydrogens (tertiary/aromatic N) is 6. The second-order valence-corrected chi connectivity index (χ2v) is 5.23. The molecule has 2 N–H and O–H groups in total. The van der Waals surface area contributed by atoms with Crippen molar-refractivity contribution in [2.24, 2.45) is 7.05 Å². The molecule has 0 radical (unpaired) electrons. The van der Waals surface area contributed by atoms with Gasteiger partial charge in [-0.3, -0.25) is 4.68 Å². The highest BCUT2D eigenvalue weighted by atomic mass is 15.3. The maximum absolute atomic E-state index is 4.74. The molecule has 3 aromatic heterocycles. The Morgan fingerprint density at radius 2 is 2.38 bits per heavy atom. The van der Waals surface area contributed by atoms with E-state index >= 15 is 0 Å². The summed E-state index contributed by atoms with van der Waals surface area (Å²) in [5.74, 6) is 1.86. The summed E-state index contributed by atoms with van der Waals surface area (Å²) in [7, 11) is 1.88. The number of aryl methyl sites for hydroxylation is 1. The third-order valence-corrected chi connectivity index (χ3v) is 3.72. The van der Waals surface area contributed by atoms with Crippen LogP contribution >= 0.6 is 0 Å². The van der Waals surface area contributed by atoms with Crippen LogP contribution in [0.25, 0.3) is 5.65 Å². The fourth-order valence-corrected chi connectivity index (χ4v) is 2.64. The molecule has 0 amide bonds. The zero-order valence-corrected chi connectivity index (χ0v) is 11.7. The first-order valence-electron chi connectivity index (χ1n) is 6.97. The van der Waals surface area contributed by atoms with Crippen LogP contribution in [0.1, 0.15) is 18.0 Å². The first-order valence-corrected chi connectivity index (χ1v) is 6.97. The van der Waals surface area contributed by atoms with Crippen LogP contribution in [-0.2, 0) is 7.05 Å². The number of fused-ring (bicyclic) bond motifs is 1. The topological polar surface area (TPSA) is 85.0 Å². The highest BCUT2D eigenvalue weighted by Crippen LogP contribution is 2.24. The number of nitrogens with one attached hydrogen (secondary N) is 2. The van der Waals surface area contributed by atoms with Gasteiger partial charge in [-0.05, 0) is 13.0 Å². The number of hydrogen-bond acceptors (Lipinski definition) is 6. The lowest BCUT2D eigenvalue weighted by atomic mass is 10.1. The summed E-state index contributed by atoms with van der Waals surface area (Å²) in [5, 5.41) is 15.2. The summed E-state index contributed by atoms with van der Waals surface area (Å²) >= 11 is 0. The largest absolute Gasteiger partial charge is 0.320 e. The SMILES string of the molecule is Cn1ccc(Nc2nc(C3CCNC3)cn3ncnc23)n1. The first kappa shape index (κ1) is 12.3. The molecule has 1 fully saturated rings. The lowest BCUT2D eigenvalue weighted by Gasteiger charge is -2.11. The van der Waals surface area contributed by atoms with Crippen molar-refractivity contribution >= 4 is 17.3 Å². The molecule has 8 heteroatoms. The van der Waals surface area contributed by atoms with E-state index in [1.165, 1.54) is 6.33 Å². The minimum absolute atomic E-state index is 0.419. The Kier molecular flexibility index (Phi) is 2.81. The molecule has 108 valence electrons. The number of aromatic nitrogens is 6. The summed E-state index contributed by atoms with van der Waals surface area (Å²) in [6.45, 7) is 1.99. The van der Waals surface area contributed by atoms with Gasteiger partial charge in [0.25, 0.3) is 0 Å². The van der Waals surface area contributed by atoms with Crippen molar-refractivity contribution in [1.82, 2.24) is 34.7 Å². The molecule has 1 aliphatic heterocycles. The van der Waals surface area contributed by atoms with Crippen molar-refractivity contribution in [3.63, 3.8) is 0 Å². The van der Waals surface area contributed by atoms with Crippen LogP contribution < -0.4 is 10.6 Å². The maximum Gasteiger partial charge on any atom is 0.198 e. The molecule has 1 unspecified atom stereocenters. The van der Waals surface area contributed by atoms with Crippen molar-refractivity contribution in [3.8, 4) is 0 Å². The van der Waals surface area contributed by atoms with Crippen molar-refractivity contribution < 1.29 is 0 Å². The van der Waals surface area contributed by atoms with Gasteiger partial charge in [0.1, 0.15) is 6.33 Å². The van der Waals surface area contributed by atoms with Crippen LogP contribution in [0.4, 0.5) is 11.6 Å². The van der Waals surface area contributed by atoms with E-state index in [2.05, 4.69) is 25.8 Å². The molecule has 1 saturated heterocycles. The third kappa shape index (κ3) is 2.23. The second kappa shape index (κ2) is 4.81. The first-order chi connectivity index (χ1) is 10.3. The van der Waals surface area contributed by atoms with Gasteiger partial charge in [-0.2, -0.15) is 10.2 Å². The third-order valence-electron chi connectivity index (χ3n) is 3.72. The summed E-state index contributed by atoms with van der Waals surface area (Å²) < 4.78 is 3.51. The lowest BCUT2D eigenvalue weighted by Crippen LogP contribution is -2.11. The van der Waals surface area contributed by atoms with E-state index in [4.69, 9.17) is 4.98 Å². The van der Waals surface area contributed by atoms with Crippen molar-refractivity contribution in [2.45, 2.75) is 12.3 Å². The zero-order valence-electron chi connectivity index (χ0n) is 11.7. The van der Waals surface area contributed by atoms with Crippen LogP contribution in [0.3, 0.4) is 0 Å². The molecule has 0 spiro atoms. The van der Waals surface area contributed by atoms with Crippen molar-refractivity contribution in [1.29, 1.82) is 0 Å². The quantitative estimate of drug-likeness (QED) is 0.735. The standard InChI is InChI=1S/C13H16N8/c1-20-5-3-11(19-20)18-12-13-15-8-16-21(13)7-10(17-12)9-2-4-14-6-9/h3,5,7-9,14H,2,4,6H2,1H3,(H,17,18,19). The second-order valence-electron chi connectivity index (χ2n) is 5.23. The summed E-state index contributed by atoms with van der Waals surface area (Å²) in [5.41, 5.74) is 1.73. The molecule has 1 aliphatic rings. The van der Waals surface area contributed by atoms with Crippen LogP contribution in [-0.4, -0.2) is 42.5 Å². The van der Waals surface area contributed by atoms with E-state index in [1.807, 2.05) is 25.5 Å². The van der Waals surface area contributed by atoms with Gasteiger partial charge in [0.15, 0.2) is 17.3 Å². The van der Waals surface area contributed by atoms with E-state index in [1.54, 1.807) is 9.20 Å². The van der Waals surface area contributed by atoms with E-state index in [9.17, 15) is 0 Å². The normalized spacial score (nSPS) is 18.4. The number of anilines is 2. The van der Waals surface area contributed by atoms with Gasteiger partial charge in [0.05, 0.1) is 11.9 Å². The molecule has 0 aromatic carbocycles. The molecule has 3 aromatic rings. The van der Waals surface area contributed by atoms with Crippen LogP contribution in [0, 0.1) is 0 Å². The average Bonchev–Trinajstić information content (AvgIpc) is 3.18. The molecular weight excluding hydrogens is 268 g/mol. The van der Waals surface area contributed by atoms with Crippen LogP contribution in [0.15, 0.2) is 24.8 Å². The van der Waals surface area contributed by atoms with Crippen LogP contribution in [0.5, 0.6) is 0 Å². The minimum atomic E-state index is 0.419. The number of rotatable bonds is 3. The molecule has 21 heavy (non-hydrogen) atoms. The fourth-order valence-electron chi connectivity index (χ4n) is 2.64. The monoisotopic (exact) mass is 284 g/mol. The molecular formula is C13H16N8. The van der Waals surface area contributed by atoms with Gasteiger partial charge in [-0.25, -0.2) is 14.5 Å². The molecule has 4 heterocycles. The molecule has 1 atom stereocenters. The highest BCUT2D eigenvalue weighted by molar-refractivity contribution is 5.67. The number of hydrogen-bond donors (Lipinski definition) is 2.